The van der Waals surface area contributed by atoms with Crippen LogP contribution in [0.4, 0.5) is 11.4 Å². The van der Waals surface area contributed by atoms with Gasteiger partial charge in [0, 0.05) is 30.1 Å². The summed E-state index contributed by atoms with van der Waals surface area (Å²) in [6, 6.07) is 5.78. The minimum atomic E-state index is -0.0929. The molecule has 0 saturated heterocycles. The lowest BCUT2D eigenvalue weighted by molar-refractivity contribution is 0.111. The van der Waals surface area contributed by atoms with E-state index >= 15 is 0 Å². The summed E-state index contributed by atoms with van der Waals surface area (Å²) >= 11 is 0. The Kier molecular flexibility index (Phi) is 5.12. The maximum absolute atomic E-state index is 9.52. The van der Waals surface area contributed by atoms with Crippen LogP contribution in [0.1, 0.15) is 39.5 Å². The van der Waals surface area contributed by atoms with Gasteiger partial charge in [-0.2, -0.15) is 0 Å². The molecule has 4 heteroatoms. The first-order valence-electron chi connectivity index (χ1n) is 7.52. The van der Waals surface area contributed by atoms with Gasteiger partial charge >= 0.3 is 0 Å². The van der Waals surface area contributed by atoms with Gasteiger partial charge in [-0.05, 0) is 51.5 Å². The van der Waals surface area contributed by atoms with E-state index in [1.165, 1.54) is 0 Å². The maximum atomic E-state index is 9.52. The van der Waals surface area contributed by atoms with Crippen LogP contribution in [0, 0.1) is 5.92 Å². The minimum absolute atomic E-state index is 0.0929. The number of nitrogen functional groups attached to an aromatic ring is 1. The van der Waals surface area contributed by atoms with E-state index in [1.807, 2.05) is 32.0 Å². The zero-order valence-corrected chi connectivity index (χ0v) is 12.4. The van der Waals surface area contributed by atoms with Crippen LogP contribution >= 0.6 is 0 Å². The van der Waals surface area contributed by atoms with Crippen LogP contribution in [-0.2, 0) is 0 Å². The van der Waals surface area contributed by atoms with E-state index in [-0.39, 0.29) is 12.2 Å². The third kappa shape index (κ3) is 4.60. The highest BCUT2D eigenvalue weighted by molar-refractivity contribution is 5.59. The number of ether oxygens (including phenoxy) is 1. The number of aliphatic hydroxyl groups excluding tert-OH is 1. The molecule has 1 saturated carbocycles. The molecule has 0 amide bonds. The first-order valence-corrected chi connectivity index (χ1v) is 7.52. The third-order valence-corrected chi connectivity index (χ3v) is 3.71. The van der Waals surface area contributed by atoms with Crippen LogP contribution in [-0.4, -0.2) is 23.9 Å². The van der Waals surface area contributed by atoms with Gasteiger partial charge in [0.05, 0.1) is 12.2 Å². The van der Waals surface area contributed by atoms with E-state index in [4.69, 9.17) is 10.5 Å². The van der Waals surface area contributed by atoms with Crippen LogP contribution in [0.25, 0.3) is 0 Å². The predicted molar refractivity (Wildman–Crippen MR) is 83.1 cm³/mol. The molecular weight excluding hydrogens is 252 g/mol. The van der Waals surface area contributed by atoms with Crippen LogP contribution in [0.5, 0.6) is 5.75 Å². The van der Waals surface area contributed by atoms with E-state index in [0.717, 1.165) is 43.7 Å². The van der Waals surface area contributed by atoms with Crippen molar-refractivity contribution in [2.24, 2.45) is 5.92 Å². The Labute approximate surface area is 121 Å². The molecule has 0 aliphatic heterocycles. The van der Waals surface area contributed by atoms with Crippen molar-refractivity contribution in [3.05, 3.63) is 18.2 Å². The minimum Gasteiger partial charge on any atom is -0.491 e. The molecule has 0 atom stereocenters. The van der Waals surface area contributed by atoms with Crippen LogP contribution < -0.4 is 15.8 Å². The summed E-state index contributed by atoms with van der Waals surface area (Å²) in [7, 11) is 0. The number of hydrogen-bond donors (Lipinski definition) is 3. The molecule has 112 valence electrons. The predicted octanol–water partition coefficient (Wildman–Crippen LogP) is 3.02. The molecule has 2 rings (SSSR count). The summed E-state index contributed by atoms with van der Waals surface area (Å²) in [6.45, 7) is 4.94. The van der Waals surface area contributed by atoms with Gasteiger partial charge in [-0.3, -0.25) is 0 Å². The van der Waals surface area contributed by atoms with Crippen molar-refractivity contribution in [3.8, 4) is 5.75 Å². The highest BCUT2D eigenvalue weighted by atomic mass is 16.5. The molecule has 0 heterocycles. The van der Waals surface area contributed by atoms with Gasteiger partial charge in [0.1, 0.15) is 5.75 Å². The second-order valence-electron chi connectivity index (χ2n) is 6.01. The van der Waals surface area contributed by atoms with Crippen LogP contribution in [0.2, 0.25) is 0 Å². The summed E-state index contributed by atoms with van der Waals surface area (Å²) in [6.07, 6.45) is 4.07. The molecule has 4 N–H and O–H groups in total. The van der Waals surface area contributed by atoms with Gasteiger partial charge in [0.25, 0.3) is 0 Å². The number of anilines is 2. The van der Waals surface area contributed by atoms with Crippen LogP contribution in [0.15, 0.2) is 18.2 Å². The fourth-order valence-electron chi connectivity index (χ4n) is 2.68. The fourth-order valence-corrected chi connectivity index (χ4v) is 2.68. The Balaban J connectivity index is 1.90. The largest absolute Gasteiger partial charge is 0.491 e. The molecule has 1 aliphatic carbocycles. The van der Waals surface area contributed by atoms with Crippen molar-refractivity contribution >= 4 is 11.4 Å². The number of nitrogens with two attached hydrogens (primary N) is 1. The van der Waals surface area contributed by atoms with Gasteiger partial charge in [0.15, 0.2) is 0 Å². The Bertz CT molecular complexity index is 426. The van der Waals surface area contributed by atoms with Crippen molar-refractivity contribution in [1.82, 2.24) is 0 Å². The molecule has 0 spiro atoms. The second-order valence-corrected chi connectivity index (χ2v) is 6.01. The zero-order chi connectivity index (χ0) is 14.5. The quantitative estimate of drug-likeness (QED) is 0.724. The molecule has 4 nitrogen and oxygen atoms in total. The molecule has 0 radical (unpaired) electrons. The van der Waals surface area contributed by atoms with Gasteiger partial charge in [-0.15, -0.1) is 0 Å². The van der Waals surface area contributed by atoms with Crippen molar-refractivity contribution in [2.75, 3.05) is 17.6 Å². The van der Waals surface area contributed by atoms with E-state index < -0.39 is 0 Å². The first kappa shape index (κ1) is 15.0. The lowest BCUT2D eigenvalue weighted by Gasteiger charge is -2.26. The van der Waals surface area contributed by atoms with E-state index in [1.54, 1.807) is 0 Å². The number of rotatable bonds is 5. The Morgan fingerprint density at radius 3 is 2.60 bits per heavy atom. The highest BCUT2D eigenvalue weighted by Gasteiger charge is 2.19. The van der Waals surface area contributed by atoms with E-state index in [2.05, 4.69) is 5.32 Å². The van der Waals surface area contributed by atoms with Gasteiger partial charge in [-0.1, -0.05) is 0 Å². The molecule has 20 heavy (non-hydrogen) atoms. The molecule has 0 unspecified atom stereocenters. The van der Waals surface area contributed by atoms with E-state index in [9.17, 15) is 5.11 Å². The van der Waals surface area contributed by atoms with Crippen LogP contribution in [0.3, 0.4) is 0 Å². The fraction of sp³-hybridized carbons (Fsp3) is 0.625. The molecule has 1 aliphatic rings. The Morgan fingerprint density at radius 1 is 1.25 bits per heavy atom. The highest BCUT2D eigenvalue weighted by Crippen LogP contribution is 2.27. The molecule has 1 aromatic rings. The summed E-state index contributed by atoms with van der Waals surface area (Å²) in [5.74, 6) is 1.44. The number of aliphatic hydroxyl groups is 1. The van der Waals surface area contributed by atoms with Crippen molar-refractivity contribution < 1.29 is 9.84 Å². The molecular formula is C16H26N2O2. The van der Waals surface area contributed by atoms with E-state index in [0.29, 0.717) is 11.6 Å². The monoisotopic (exact) mass is 278 g/mol. The topological polar surface area (TPSA) is 67.5 Å². The zero-order valence-electron chi connectivity index (χ0n) is 12.4. The first-order chi connectivity index (χ1) is 9.52. The van der Waals surface area contributed by atoms with Crippen molar-refractivity contribution in [1.29, 1.82) is 0 Å². The summed E-state index contributed by atoms with van der Waals surface area (Å²) in [4.78, 5) is 0. The van der Waals surface area contributed by atoms with Crippen molar-refractivity contribution in [3.63, 3.8) is 0 Å². The normalized spacial score (nSPS) is 22.8. The Hall–Kier alpha value is -1.42. The smallest absolute Gasteiger partial charge is 0.123 e. The van der Waals surface area contributed by atoms with Crippen molar-refractivity contribution in [2.45, 2.75) is 51.7 Å². The second kappa shape index (κ2) is 6.84. The average molecular weight is 278 g/mol. The average Bonchev–Trinajstić information content (AvgIpc) is 2.36. The number of benzene rings is 1. The van der Waals surface area contributed by atoms with Gasteiger partial charge < -0.3 is 20.9 Å². The Morgan fingerprint density at radius 2 is 1.95 bits per heavy atom. The molecule has 0 bridgehead atoms. The van der Waals surface area contributed by atoms with Gasteiger partial charge in [0.2, 0.25) is 0 Å². The van der Waals surface area contributed by atoms with Gasteiger partial charge in [-0.25, -0.2) is 0 Å². The molecule has 1 fully saturated rings. The lowest BCUT2D eigenvalue weighted by atomic mass is 9.87. The summed E-state index contributed by atoms with van der Waals surface area (Å²) in [5.41, 5.74) is 7.63. The summed E-state index contributed by atoms with van der Waals surface area (Å²) in [5, 5.41) is 13.0. The summed E-state index contributed by atoms with van der Waals surface area (Å²) < 4.78 is 5.69. The molecule has 0 aromatic heterocycles. The SMILES string of the molecule is CC(C)Oc1cc(N)cc(NCC2CCC(O)CC2)c1. The number of hydrogen-bond acceptors (Lipinski definition) is 4. The number of nitrogens with one attached hydrogen (secondary N) is 1. The maximum Gasteiger partial charge on any atom is 0.123 e. The lowest BCUT2D eigenvalue weighted by Crippen LogP contribution is -2.23. The standard InChI is InChI=1S/C16H26N2O2/c1-11(2)20-16-8-13(17)7-14(9-16)18-10-12-3-5-15(19)6-4-12/h7-9,11-12,15,18-19H,3-6,10,17H2,1-2H3. The third-order valence-electron chi connectivity index (χ3n) is 3.71. The molecule has 1 aromatic carbocycles.